The molecule has 1 fully saturated rings. The molecule has 0 radical (unpaired) electrons. The molecule has 9 heteroatoms. The number of amides is 1. The molecule has 0 saturated heterocycles. The number of ketones is 1. The molecular formula is C73H121Cl2N3O4. The van der Waals surface area contributed by atoms with Crippen molar-refractivity contribution in [3.8, 4) is 0 Å². The highest BCUT2D eigenvalue weighted by Crippen LogP contribution is 2.51. The fourth-order valence-corrected chi connectivity index (χ4v) is 13.9. The van der Waals surface area contributed by atoms with Crippen LogP contribution in [-0.4, -0.2) is 33.8 Å². The third-order valence-electron chi connectivity index (χ3n) is 18.5. The third-order valence-corrected chi connectivity index (χ3v) is 19.1. The first-order chi connectivity index (χ1) is 40.3. The Labute approximate surface area is 513 Å². The average Bonchev–Trinajstić information content (AvgIpc) is 3.58. The zero-order valence-corrected chi connectivity index (χ0v) is 54.1. The van der Waals surface area contributed by atoms with Crippen LogP contribution in [0.3, 0.4) is 0 Å². The van der Waals surface area contributed by atoms with Crippen LogP contribution in [0.2, 0.25) is 10.0 Å². The minimum absolute atomic E-state index is 0.148. The van der Waals surface area contributed by atoms with Crippen molar-refractivity contribution in [1.29, 1.82) is 0 Å². The van der Waals surface area contributed by atoms with Gasteiger partial charge in [-0.15, -0.1) is 0 Å². The van der Waals surface area contributed by atoms with Gasteiger partial charge in [0.05, 0.1) is 21.0 Å². The lowest BCUT2D eigenvalue weighted by atomic mass is 9.60. The largest absolute Gasteiger partial charge is 0.480 e. The van der Waals surface area contributed by atoms with Crippen molar-refractivity contribution in [2.75, 3.05) is 5.32 Å². The lowest BCUT2D eigenvalue weighted by Crippen LogP contribution is -2.53. The number of allylic oxidation sites excluding steroid dienone is 2. The Balaban J connectivity index is 1.23. The van der Waals surface area contributed by atoms with Crippen LogP contribution in [0.1, 0.15) is 363 Å². The summed E-state index contributed by atoms with van der Waals surface area (Å²) in [5.41, 5.74) is 2.57. The maximum absolute atomic E-state index is 14.5. The van der Waals surface area contributed by atoms with E-state index in [4.69, 9.17) is 23.2 Å². The van der Waals surface area contributed by atoms with Crippen LogP contribution in [0.15, 0.2) is 47.9 Å². The number of aromatic nitrogens is 1. The number of nitrogens with zero attached hydrogens (tertiary/aromatic N) is 1. The number of carboxylic acid groups (broad SMARTS) is 1. The summed E-state index contributed by atoms with van der Waals surface area (Å²) >= 11 is 12.5. The first-order valence-corrected chi connectivity index (χ1v) is 36.0. The van der Waals surface area contributed by atoms with Gasteiger partial charge < -0.3 is 15.7 Å². The van der Waals surface area contributed by atoms with E-state index in [1.165, 1.54) is 301 Å². The summed E-state index contributed by atoms with van der Waals surface area (Å²) < 4.78 is 0. The quantitative estimate of drug-likeness (QED) is 0.231. The summed E-state index contributed by atoms with van der Waals surface area (Å²) in [5.74, 6) is -1.13. The van der Waals surface area contributed by atoms with Gasteiger partial charge in [0.2, 0.25) is 0 Å². The number of halogens is 2. The van der Waals surface area contributed by atoms with E-state index in [0.717, 1.165) is 61.8 Å². The molecule has 0 bridgehead atoms. The van der Waals surface area contributed by atoms with E-state index in [-0.39, 0.29) is 27.8 Å². The maximum Gasteiger partial charge on any atom is 0.326 e. The zero-order valence-electron chi connectivity index (χ0n) is 52.6. The van der Waals surface area contributed by atoms with Crippen molar-refractivity contribution in [2.24, 2.45) is 5.41 Å². The summed E-state index contributed by atoms with van der Waals surface area (Å²) in [4.78, 5) is 44.5. The van der Waals surface area contributed by atoms with Crippen molar-refractivity contribution in [3.05, 3.63) is 69.1 Å². The number of Topliss-reactive ketones (excluding diaryl/α,β-unsaturated/α-hetero) is 1. The molecule has 1 spiro atoms. The summed E-state index contributed by atoms with van der Waals surface area (Å²) in [6.45, 7) is 2.10. The number of pyridine rings is 1. The van der Waals surface area contributed by atoms with Crippen LogP contribution in [0.25, 0.3) is 0 Å². The molecule has 0 aliphatic heterocycles. The van der Waals surface area contributed by atoms with E-state index >= 15 is 0 Å². The van der Waals surface area contributed by atoms with Gasteiger partial charge in [-0.25, -0.2) is 4.79 Å². The van der Waals surface area contributed by atoms with E-state index in [1.807, 2.05) is 12.1 Å². The second kappa shape index (κ2) is 47.3. The van der Waals surface area contributed by atoms with Crippen LogP contribution in [0.4, 0.5) is 5.69 Å². The summed E-state index contributed by atoms with van der Waals surface area (Å²) in [5, 5.41) is 17.4. The van der Waals surface area contributed by atoms with Gasteiger partial charge in [-0.05, 0) is 37.0 Å². The molecule has 2 aromatic rings. The van der Waals surface area contributed by atoms with E-state index < -0.39 is 23.3 Å². The molecule has 1 saturated carbocycles. The van der Waals surface area contributed by atoms with Crippen LogP contribution >= 0.6 is 23.2 Å². The molecule has 3 N–H and O–H groups in total. The summed E-state index contributed by atoms with van der Waals surface area (Å²) in [7, 11) is 0. The van der Waals surface area contributed by atoms with E-state index in [0.29, 0.717) is 12.1 Å². The molecule has 1 aromatic heterocycles. The predicted molar refractivity (Wildman–Crippen MR) is 352 cm³/mol. The molecule has 4 rings (SSSR count). The fourth-order valence-electron chi connectivity index (χ4n) is 13.4. The zero-order chi connectivity index (χ0) is 58.4. The molecule has 0 unspecified atom stereocenters. The minimum atomic E-state index is -0.938. The molecule has 2 aliphatic rings. The van der Waals surface area contributed by atoms with Gasteiger partial charge in [0.1, 0.15) is 6.04 Å². The molecule has 82 heavy (non-hydrogen) atoms. The number of carbonyl (C=O) groups is 3. The molecule has 1 amide bonds. The molecular weight excluding hydrogens is 1050 g/mol. The topological polar surface area (TPSA) is 108 Å². The van der Waals surface area contributed by atoms with Crippen molar-refractivity contribution >= 4 is 46.5 Å². The Morgan fingerprint density at radius 3 is 1.02 bits per heavy atom. The number of rotatable bonds is 9. The number of hydrogen-bond acceptors (Lipinski definition) is 5. The van der Waals surface area contributed by atoms with E-state index in [9.17, 15) is 19.5 Å². The molecule has 2 aliphatic carbocycles. The first-order valence-electron chi connectivity index (χ1n) is 35.2. The molecule has 7 nitrogen and oxygen atoms in total. The Kier molecular flexibility index (Phi) is 41.3. The number of hydrogen-bond donors (Lipinski definition) is 3. The van der Waals surface area contributed by atoms with Crippen LogP contribution < -0.4 is 10.6 Å². The smallest absolute Gasteiger partial charge is 0.326 e. The summed E-state index contributed by atoms with van der Waals surface area (Å²) in [6.07, 6.45) is 73.3. The lowest BCUT2D eigenvalue weighted by Gasteiger charge is -2.46. The number of carbonyl (C=O) groups excluding carboxylic acids is 2. The van der Waals surface area contributed by atoms with Gasteiger partial charge in [0.15, 0.2) is 5.78 Å². The Hall–Kier alpha value is -2.90. The third kappa shape index (κ3) is 31.0. The van der Waals surface area contributed by atoms with Crippen molar-refractivity contribution in [2.45, 2.75) is 360 Å². The van der Waals surface area contributed by atoms with Gasteiger partial charge in [-0.1, -0.05) is 363 Å². The van der Waals surface area contributed by atoms with Crippen LogP contribution in [0, 0.1) is 5.41 Å². The van der Waals surface area contributed by atoms with Gasteiger partial charge in [0.25, 0.3) is 5.91 Å². The number of benzene rings is 1. The molecule has 1 atom stereocenters. The van der Waals surface area contributed by atoms with Crippen molar-refractivity contribution < 1.29 is 19.5 Å². The maximum atomic E-state index is 14.5. The highest BCUT2D eigenvalue weighted by Gasteiger charge is 2.52. The standard InChI is InChI=1S/C73H121Cl2N3O4/c1-2-52-64-69(78-67(72(81)82)59-62-53-55-63(56-54-62)77-71(80)68-65(74)60-76-61-66(68)75)73(70(64)79)57-50-48-46-44-42-40-38-36-34-32-30-28-26-24-22-20-18-16-14-12-10-8-6-4-3-5-7-9-11-13-15-17-19-21-23-25-27-29-31-33-35-37-39-41-43-45-47-49-51-58-73/h53-56,60-61,67,78H,2-52,57-59H2,1H3,(H,77,80)(H,81,82)/t67-/m0/s1. The minimum Gasteiger partial charge on any atom is -0.480 e. The predicted octanol–water partition coefficient (Wildman–Crippen LogP) is 23.8. The van der Waals surface area contributed by atoms with Crippen molar-refractivity contribution in [1.82, 2.24) is 10.3 Å². The Bertz CT molecular complexity index is 1910. The molecule has 466 valence electrons. The van der Waals surface area contributed by atoms with Gasteiger partial charge in [0, 0.05) is 35.8 Å². The highest BCUT2D eigenvalue weighted by atomic mass is 35.5. The second-order valence-electron chi connectivity index (χ2n) is 25.7. The Morgan fingerprint density at radius 2 is 0.756 bits per heavy atom. The molecule has 1 aromatic carbocycles. The van der Waals surface area contributed by atoms with Crippen LogP contribution in [-0.2, 0) is 16.0 Å². The molecule has 1 heterocycles. The average molecular weight is 1180 g/mol. The summed E-state index contributed by atoms with van der Waals surface area (Å²) in [6, 6.07) is 6.30. The number of carboxylic acids is 1. The monoisotopic (exact) mass is 1170 g/mol. The van der Waals surface area contributed by atoms with Crippen molar-refractivity contribution in [3.63, 3.8) is 0 Å². The lowest BCUT2D eigenvalue weighted by molar-refractivity contribution is -0.140. The van der Waals surface area contributed by atoms with E-state index in [2.05, 4.69) is 22.5 Å². The van der Waals surface area contributed by atoms with E-state index in [1.54, 1.807) is 12.1 Å². The van der Waals surface area contributed by atoms with Crippen LogP contribution in [0.5, 0.6) is 0 Å². The first kappa shape index (κ1) is 71.6. The SMILES string of the molecule is CCCC1=C(N[C@@H](Cc2ccc(NC(=O)c3c(Cl)cncc3Cl)cc2)C(=O)O)C2(CCCCCCCCCCCCCCCCCCCCCCCCCCCCCCCCCCCCCCCCCCCCCCCCCCC2)C1=O. The second-order valence-corrected chi connectivity index (χ2v) is 26.5. The fraction of sp³-hybridized carbons (Fsp3) is 0.781. The number of anilines is 1. The number of nitrogens with one attached hydrogen (secondary N) is 2. The highest BCUT2D eigenvalue weighted by molar-refractivity contribution is 6.40. The van der Waals surface area contributed by atoms with Gasteiger partial charge in [-0.3, -0.25) is 14.6 Å². The van der Waals surface area contributed by atoms with Gasteiger partial charge >= 0.3 is 5.97 Å². The normalized spacial score (nSPS) is 21.1. The number of aliphatic carboxylic acids is 1. The Morgan fingerprint density at radius 1 is 0.476 bits per heavy atom. The van der Waals surface area contributed by atoms with Gasteiger partial charge in [-0.2, -0.15) is 0 Å².